The SMILES string of the molecule is CC(C)N(CCC(=O)O)C(=O)[C@@H](C)N. The molecule has 0 aromatic heterocycles. The third-order valence-corrected chi connectivity index (χ3v) is 1.86. The van der Waals surface area contributed by atoms with E-state index in [1.54, 1.807) is 6.92 Å². The fraction of sp³-hybridized carbons (Fsp3) is 0.778. The van der Waals surface area contributed by atoms with Crippen molar-refractivity contribution in [1.82, 2.24) is 4.90 Å². The third kappa shape index (κ3) is 4.23. The predicted molar refractivity (Wildman–Crippen MR) is 52.8 cm³/mol. The van der Waals surface area contributed by atoms with Gasteiger partial charge in [0.2, 0.25) is 5.91 Å². The summed E-state index contributed by atoms with van der Waals surface area (Å²) >= 11 is 0. The molecule has 0 spiro atoms. The van der Waals surface area contributed by atoms with Crippen molar-refractivity contribution >= 4 is 11.9 Å². The van der Waals surface area contributed by atoms with E-state index in [4.69, 9.17) is 10.8 Å². The van der Waals surface area contributed by atoms with Gasteiger partial charge in [-0.15, -0.1) is 0 Å². The van der Waals surface area contributed by atoms with Crippen LogP contribution in [0.25, 0.3) is 0 Å². The van der Waals surface area contributed by atoms with Crippen molar-refractivity contribution in [3.05, 3.63) is 0 Å². The van der Waals surface area contributed by atoms with Crippen molar-refractivity contribution in [2.24, 2.45) is 5.73 Å². The zero-order valence-corrected chi connectivity index (χ0v) is 8.86. The van der Waals surface area contributed by atoms with Gasteiger partial charge < -0.3 is 15.7 Å². The molecule has 82 valence electrons. The van der Waals surface area contributed by atoms with Gasteiger partial charge in [0.05, 0.1) is 12.5 Å². The number of carboxylic acid groups (broad SMARTS) is 1. The number of amides is 1. The van der Waals surface area contributed by atoms with Crippen molar-refractivity contribution in [1.29, 1.82) is 0 Å². The van der Waals surface area contributed by atoms with Crippen LogP contribution in [0.2, 0.25) is 0 Å². The first-order valence-corrected chi connectivity index (χ1v) is 4.64. The fourth-order valence-electron chi connectivity index (χ4n) is 1.10. The fourth-order valence-corrected chi connectivity index (χ4v) is 1.10. The second kappa shape index (κ2) is 5.59. The molecule has 1 atom stereocenters. The van der Waals surface area contributed by atoms with Crippen molar-refractivity contribution in [3.63, 3.8) is 0 Å². The van der Waals surface area contributed by atoms with Crippen molar-refractivity contribution < 1.29 is 14.7 Å². The molecule has 0 saturated carbocycles. The van der Waals surface area contributed by atoms with Crippen LogP contribution in [0.5, 0.6) is 0 Å². The van der Waals surface area contributed by atoms with E-state index in [2.05, 4.69) is 0 Å². The van der Waals surface area contributed by atoms with Gasteiger partial charge in [-0.25, -0.2) is 0 Å². The number of aliphatic carboxylic acids is 1. The van der Waals surface area contributed by atoms with Crippen molar-refractivity contribution in [2.75, 3.05) is 6.54 Å². The molecular formula is C9H18N2O3. The molecule has 5 nitrogen and oxygen atoms in total. The molecule has 0 aliphatic heterocycles. The monoisotopic (exact) mass is 202 g/mol. The zero-order valence-electron chi connectivity index (χ0n) is 8.86. The number of carbonyl (C=O) groups excluding carboxylic acids is 1. The largest absolute Gasteiger partial charge is 0.481 e. The quantitative estimate of drug-likeness (QED) is 0.659. The lowest BCUT2D eigenvalue weighted by Crippen LogP contribution is -2.46. The van der Waals surface area contributed by atoms with Crippen LogP contribution in [0.3, 0.4) is 0 Å². The van der Waals surface area contributed by atoms with Gasteiger partial charge in [0.25, 0.3) is 0 Å². The molecule has 0 radical (unpaired) electrons. The summed E-state index contributed by atoms with van der Waals surface area (Å²) in [6.45, 7) is 5.48. The Labute approximate surface area is 83.9 Å². The molecule has 0 fully saturated rings. The molecule has 0 rings (SSSR count). The number of nitrogens with zero attached hydrogens (tertiary/aromatic N) is 1. The van der Waals surface area contributed by atoms with E-state index < -0.39 is 12.0 Å². The molecule has 0 aliphatic carbocycles. The molecule has 0 bridgehead atoms. The van der Waals surface area contributed by atoms with Crippen molar-refractivity contribution in [3.8, 4) is 0 Å². The Kier molecular flexibility index (Phi) is 5.15. The lowest BCUT2D eigenvalue weighted by molar-refractivity contribution is -0.139. The van der Waals surface area contributed by atoms with E-state index in [-0.39, 0.29) is 24.9 Å². The lowest BCUT2D eigenvalue weighted by atomic mass is 10.2. The highest BCUT2D eigenvalue weighted by Crippen LogP contribution is 2.02. The minimum absolute atomic E-state index is 0.0205. The molecule has 3 N–H and O–H groups in total. The van der Waals surface area contributed by atoms with Gasteiger partial charge in [0, 0.05) is 12.6 Å². The lowest BCUT2D eigenvalue weighted by Gasteiger charge is -2.27. The Hall–Kier alpha value is -1.10. The summed E-state index contributed by atoms with van der Waals surface area (Å²) < 4.78 is 0. The van der Waals surface area contributed by atoms with Crippen LogP contribution in [-0.2, 0) is 9.59 Å². The van der Waals surface area contributed by atoms with Crippen LogP contribution >= 0.6 is 0 Å². The molecule has 0 unspecified atom stereocenters. The van der Waals surface area contributed by atoms with E-state index >= 15 is 0 Å². The second-order valence-electron chi connectivity index (χ2n) is 3.56. The zero-order chi connectivity index (χ0) is 11.3. The van der Waals surface area contributed by atoms with Gasteiger partial charge in [-0.1, -0.05) is 0 Å². The first-order valence-electron chi connectivity index (χ1n) is 4.64. The Bertz CT molecular complexity index is 214. The van der Waals surface area contributed by atoms with Crippen LogP contribution in [0.1, 0.15) is 27.2 Å². The molecule has 0 aromatic rings. The van der Waals surface area contributed by atoms with Crippen LogP contribution in [0.4, 0.5) is 0 Å². The molecule has 0 aliphatic rings. The Morgan fingerprint density at radius 2 is 1.86 bits per heavy atom. The molecule has 14 heavy (non-hydrogen) atoms. The maximum atomic E-state index is 11.5. The molecule has 5 heteroatoms. The first kappa shape index (κ1) is 12.9. The maximum absolute atomic E-state index is 11.5. The molecular weight excluding hydrogens is 184 g/mol. The summed E-state index contributed by atoms with van der Waals surface area (Å²) in [6.07, 6.45) is -0.0450. The highest BCUT2D eigenvalue weighted by Gasteiger charge is 2.20. The Morgan fingerprint density at radius 1 is 1.36 bits per heavy atom. The number of hydrogen-bond acceptors (Lipinski definition) is 3. The van der Waals surface area contributed by atoms with Gasteiger partial charge in [0.1, 0.15) is 0 Å². The smallest absolute Gasteiger partial charge is 0.305 e. The number of carboxylic acids is 1. The van der Waals surface area contributed by atoms with E-state index in [1.165, 1.54) is 4.90 Å². The molecule has 0 heterocycles. The standard InChI is InChI=1S/C9H18N2O3/c1-6(2)11(5-4-8(12)13)9(14)7(3)10/h6-7H,4-5,10H2,1-3H3,(H,12,13)/t7-/m1/s1. The van der Waals surface area contributed by atoms with E-state index in [1.807, 2.05) is 13.8 Å². The normalized spacial score (nSPS) is 12.6. The van der Waals surface area contributed by atoms with E-state index in [0.29, 0.717) is 0 Å². The minimum Gasteiger partial charge on any atom is -0.481 e. The summed E-state index contributed by atoms with van der Waals surface area (Å²) in [5.74, 6) is -1.12. The number of carbonyl (C=O) groups is 2. The molecule has 0 aromatic carbocycles. The topological polar surface area (TPSA) is 83.6 Å². The van der Waals surface area contributed by atoms with Gasteiger partial charge >= 0.3 is 5.97 Å². The average Bonchev–Trinajstić information content (AvgIpc) is 2.02. The number of hydrogen-bond donors (Lipinski definition) is 2. The second-order valence-corrected chi connectivity index (χ2v) is 3.56. The van der Waals surface area contributed by atoms with Gasteiger partial charge in [-0.05, 0) is 20.8 Å². The highest BCUT2D eigenvalue weighted by molar-refractivity contribution is 5.81. The Balaban J connectivity index is 4.29. The van der Waals surface area contributed by atoms with Gasteiger partial charge in [-0.2, -0.15) is 0 Å². The van der Waals surface area contributed by atoms with Crippen molar-refractivity contribution in [2.45, 2.75) is 39.3 Å². The van der Waals surface area contributed by atoms with Crippen LogP contribution in [0, 0.1) is 0 Å². The van der Waals surface area contributed by atoms with Gasteiger partial charge in [0.15, 0.2) is 0 Å². The van der Waals surface area contributed by atoms with E-state index in [0.717, 1.165) is 0 Å². The maximum Gasteiger partial charge on any atom is 0.305 e. The number of rotatable bonds is 5. The summed E-state index contributed by atoms with van der Waals surface area (Å²) in [7, 11) is 0. The summed E-state index contributed by atoms with van der Waals surface area (Å²) in [6, 6.07) is -0.598. The summed E-state index contributed by atoms with van der Waals surface area (Å²) in [4.78, 5) is 23.3. The van der Waals surface area contributed by atoms with Crippen LogP contribution in [-0.4, -0.2) is 40.5 Å². The van der Waals surface area contributed by atoms with Crippen LogP contribution in [0.15, 0.2) is 0 Å². The van der Waals surface area contributed by atoms with Gasteiger partial charge in [-0.3, -0.25) is 9.59 Å². The van der Waals surface area contributed by atoms with E-state index in [9.17, 15) is 9.59 Å². The first-order chi connectivity index (χ1) is 6.36. The molecule has 0 saturated heterocycles. The summed E-state index contributed by atoms with van der Waals surface area (Å²) in [5, 5.41) is 8.50. The molecule has 1 amide bonds. The van der Waals surface area contributed by atoms with Crippen LogP contribution < -0.4 is 5.73 Å². The highest BCUT2D eigenvalue weighted by atomic mass is 16.4. The average molecular weight is 202 g/mol. The predicted octanol–water partition coefficient (Wildman–Crippen LogP) is 0.0453. The summed E-state index contributed by atoms with van der Waals surface area (Å²) in [5.41, 5.74) is 5.44. The number of nitrogens with two attached hydrogens (primary N) is 1. The Morgan fingerprint density at radius 3 is 2.14 bits per heavy atom. The third-order valence-electron chi connectivity index (χ3n) is 1.86. The minimum atomic E-state index is -0.909.